The van der Waals surface area contributed by atoms with Crippen molar-refractivity contribution in [2.75, 3.05) is 19.0 Å². The summed E-state index contributed by atoms with van der Waals surface area (Å²) in [6.45, 7) is 2.16. The van der Waals surface area contributed by atoms with E-state index >= 15 is 0 Å². The van der Waals surface area contributed by atoms with Gasteiger partial charge in [0.15, 0.2) is 0 Å². The van der Waals surface area contributed by atoms with Gasteiger partial charge in [-0.15, -0.1) is 0 Å². The summed E-state index contributed by atoms with van der Waals surface area (Å²) >= 11 is 6.02. The van der Waals surface area contributed by atoms with E-state index in [0.717, 1.165) is 24.1 Å². The highest BCUT2D eigenvalue weighted by atomic mass is 35.5. The highest BCUT2D eigenvalue weighted by molar-refractivity contribution is 6.31. The van der Waals surface area contributed by atoms with E-state index < -0.39 is 0 Å². The fourth-order valence-electron chi connectivity index (χ4n) is 1.65. The number of anilines is 1. The molecule has 0 aliphatic heterocycles. The summed E-state index contributed by atoms with van der Waals surface area (Å²) in [4.78, 5) is 11.6. The number of rotatable bonds is 5. The van der Waals surface area contributed by atoms with E-state index in [1.165, 1.54) is 0 Å². The van der Waals surface area contributed by atoms with Crippen LogP contribution in [-0.4, -0.2) is 25.6 Å². The van der Waals surface area contributed by atoms with Crippen LogP contribution in [0.1, 0.15) is 18.4 Å². The third-order valence-electron chi connectivity index (χ3n) is 2.86. The lowest BCUT2D eigenvalue weighted by Crippen LogP contribution is -2.31. The summed E-state index contributed by atoms with van der Waals surface area (Å²) in [5, 5.41) is 6.64. The fourth-order valence-corrected chi connectivity index (χ4v) is 1.81. The molecular weight excluding hydrogens is 252 g/mol. The first kappa shape index (κ1) is 13.0. The highest BCUT2D eigenvalue weighted by Crippen LogP contribution is 2.30. The van der Waals surface area contributed by atoms with Crippen LogP contribution in [-0.2, 0) is 4.79 Å². The number of halogens is 1. The Morgan fingerprint density at radius 2 is 2.22 bits per heavy atom. The number of carbonyl (C=O) groups is 1. The molecule has 0 aromatic heterocycles. The van der Waals surface area contributed by atoms with Crippen molar-refractivity contribution in [1.29, 1.82) is 0 Å². The number of methoxy groups -OCH3 is 1. The maximum atomic E-state index is 11.6. The van der Waals surface area contributed by atoms with Crippen molar-refractivity contribution in [2.45, 2.75) is 25.8 Å². The SMILES string of the molecule is COc1cc(Cl)c(C)cc1NCC(=O)NC1CC1. The van der Waals surface area contributed by atoms with Gasteiger partial charge in [0.2, 0.25) is 5.91 Å². The summed E-state index contributed by atoms with van der Waals surface area (Å²) in [5.41, 5.74) is 1.73. The van der Waals surface area contributed by atoms with Crippen LogP contribution in [0.15, 0.2) is 12.1 Å². The molecule has 1 saturated carbocycles. The molecule has 98 valence electrons. The van der Waals surface area contributed by atoms with Gasteiger partial charge < -0.3 is 15.4 Å². The normalized spacial score (nSPS) is 14.2. The van der Waals surface area contributed by atoms with Crippen LogP contribution in [0.3, 0.4) is 0 Å². The van der Waals surface area contributed by atoms with E-state index in [-0.39, 0.29) is 12.5 Å². The van der Waals surface area contributed by atoms with Crippen molar-refractivity contribution in [3.63, 3.8) is 0 Å². The first-order valence-electron chi connectivity index (χ1n) is 5.97. The predicted molar refractivity (Wildman–Crippen MR) is 72.4 cm³/mol. The maximum Gasteiger partial charge on any atom is 0.239 e. The molecule has 1 fully saturated rings. The molecule has 1 aliphatic rings. The summed E-state index contributed by atoms with van der Waals surface area (Å²) in [5.74, 6) is 0.650. The first-order valence-corrected chi connectivity index (χ1v) is 6.35. The van der Waals surface area contributed by atoms with Crippen LogP contribution in [0.5, 0.6) is 5.75 Å². The van der Waals surface area contributed by atoms with Crippen LogP contribution >= 0.6 is 11.6 Å². The zero-order chi connectivity index (χ0) is 13.1. The molecule has 0 unspecified atom stereocenters. The third-order valence-corrected chi connectivity index (χ3v) is 3.27. The van der Waals surface area contributed by atoms with Gasteiger partial charge in [-0.2, -0.15) is 0 Å². The summed E-state index contributed by atoms with van der Waals surface area (Å²) in [6, 6.07) is 4.01. The molecule has 0 radical (unpaired) electrons. The topological polar surface area (TPSA) is 50.4 Å². The van der Waals surface area contributed by atoms with Gasteiger partial charge in [-0.3, -0.25) is 4.79 Å². The number of hydrogen-bond donors (Lipinski definition) is 2. The Balaban J connectivity index is 1.98. The quantitative estimate of drug-likeness (QED) is 0.862. The number of ether oxygens (including phenoxy) is 1. The molecule has 5 heteroatoms. The second kappa shape index (κ2) is 5.48. The van der Waals surface area contributed by atoms with E-state index in [9.17, 15) is 4.79 Å². The second-order valence-electron chi connectivity index (χ2n) is 4.50. The zero-order valence-electron chi connectivity index (χ0n) is 10.5. The van der Waals surface area contributed by atoms with E-state index in [0.29, 0.717) is 16.8 Å². The van der Waals surface area contributed by atoms with E-state index in [4.69, 9.17) is 16.3 Å². The molecule has 0 bridgehead atoms. The summed E-state index contributed by atoms with van der Waals surface area (Å²) in [7, 11) is 1.58. The smallest absolute Gasteiger partial charge is 0.239 e. The first-order chi connectivity index (χ1) is 8.60. The van der Waals surface area contributed by atoms with E-state index in [2.05, 4.69) is 10.6 Å². The Labute approximate surface area is 112 Å². The molecule has 2 N–H and O–H groups in total. The molecule has 1 aromatic carbocycles. The number of benzene rings is 1. The van der Waals surface area contributed by atoms with Gasteiger partial charge in [-0.1, -0.05) is 11.6 Å². The molecule has 0 heterocycles. The Morgan fingerprint density at radius 1 is 1.50 bits per heavy atom. The van der Waals surface area contributed by atoms with Crippen molar-refractivity contribution >= 4 is 23.2 Å². The molecule has 2 rings (SSSR count). The van der Waals surface area contributed by atoms with Gasteiger partial charge in [0.25, 0.3) is 0 Å². The lowest BCUT2D eigenvalue weighted by molar-refractivity contribution is -0.119. The van der Waals surface area contributed by atoms with Crippen molar-refractivity contribution < 1.29 is 9.53 Å². The van der Waals surface area contributed by atoms with Gasteiger partial charge in [0.05, 0.1) is 19.3 Å². The Hall–Kier alpha value is -1.42. The van der Waals surface area contributed by atoms with Gasteiger partial charge >= 0.3 is 0 Å². The largest absolute Gasteiger partial charge is 0.495 e. The van der Waals surface area contributed by atoms with Gasteiger partial charge in [-0.05, 0) is 31.4 Å². The van der Waals surface area contributed by atoms with Crippen LogP contribution in [0.2, 0.25) is 5.02 Å². The van der Waals surface area contributed by atoms with Gasteiger partial charge in [0.1, 0.15) is 5.75 Å². The van der Waals surface area contributed by atoms with Gasteiger partial charge in [-0.25, -0.2) is 0 Å². The van der Waals surface area contributed by atoms with Crippen molar-refractivity contribution in [2.24, 2.45) is 0 Å². The van der Waals surface area contributed by atoms with Gasteiger partial charge in [0, 0.05) is 17.1 Å². The molecule has 1 aliphatic carbocycles. The summed E-state index contributed by atoms with van der Waals surface area (Å²) in [6.07, 6.45) is 2.18. The van der Waals surface area contributed by atoms with Crippen LogP contribution in [0, 0.1) is 6.92 Å². The molecule has 1 aromatic rings. The molecular formula is C13H17ClN2O2. The minimum absolute atomic E-state index is 0.00663. The predicted octanol–water partition coefficient (Wildman–Crippen LogP) is 2.35. The minimum Gasteiger partial charge on any atom is -0.495 e. The highest BCUT2D eigenvalue weighted by Gasteiger charge is 2.23. The zero-order valence-corrected chi connectivity index (χ0v) is 11.3. The average Bonchev–Trinajstić information content (AvgIpc) is 3.14. The lowest BCUT2D eigenvalue weighted by atomic mass is 10.2. The Morgan fingerprint density at radius 3 is 2.83 bits per heavy atom. The van der Waals surface area contributed by atoms with E-state index in [1.807, 2.05) is 13.0 Å². The second-order valence-corrected chi connectivity index (χ2v) is 4.90. The molecule has 0 atom stereocenters. The van der Waals surface area contributed by atoms with Crippen molar-refractivity contribution in [3.8, 4) is 5.75 Å². The number of nitrogens with one attached hydrogen (secondary N) is 2. The molecule has 18 heavy (non-hydrogen) atoms. The third kappa shape index (κ3) is 3.29. The average molecular weight is 269 g/mol. The van der Waals surface area contributed by atoms with E-state index in [1.54, 1.807) is 13.2 Å². The number of aryl methyl sites for hydroxylation is 1. The number of hydrogen-bond acceptors (Lipinski definition) is 3. The lowest BCUT2D eigenvalue weighted by Gasteiger charge is -2.13. The van der Waals surface area contributed by atoms with Crippen molar-refractivity contribution in [1.82, 2.24) is 5.32 Å². The molecule has 0 spiro atoms. The Kier molecular flexibility index (Phi) is 3.97. The van der Waals surface area contributed by atoms with Crippen LogP contribution in [0.25, 0.3) is 0 Å². The molecule has 4 nitrogen and oxygen atoms in total. The fraction of sp³-hybridized carbons (Fsp3) is 0.462. The Bertz CT molecular complexity index is 459. The monoisotopic (exact) mass is 268 g/mol. The maximum absolute atomic E-state index is 11.6. The summed E-state index contributed by atoms with van der Waals surface area (Å²) < 4.78 is 5.23. The minimum atomic E-state index is 0.00663. The standard InChI is InChI=1S/C13H17ClN2O2/c1-8-5-11(12(18-2)6-10(8)14)15-7-13(17)16-9-3-4-9/h5-6,9,15H,3-4,7H2,1-2H3,(H,16,17). The number of carbonyl (C=O) groups excluding carboxylic acids is 1. The number of amides is 1. The van der Waals surface area contributed by atoms with Crippen molar-refractivity contribution in [3.05, 3.63) is 22.7 Å². The molecule has 0 saturated heterocycles. The van der Waals surface area contributed by atoms with Crippen LogP contribution < -0.4 is 15.4 Å². The molecule has 1 amide bonds. The van der Waals surface area contributed by atoms with Crippen LogP contribution in [0.4, 0.5) is 5.69 Å².